The zero-order valence-electron chi connectivity index (χ0n) is 14.9. The Bertz CT molecular complexity index is 816. The molecule has 2 aromatic rings. The molecule has 27 heavy (non-hydrogen) atoms. The van der Waals surface area contributed by atoms with Gasteiger partial charge >= 0.3 is 0 Å². The lowest BCUT2D eigenvalue weighted by atomic mass is 10.0. The maximum absolute atomic E-state index is 13.3. The van der Waals surface area contributed by atoms with Crippen LogP contribution in [0.3, 0.4) is 0 Å². The molecule has 2 aromatic carbocycles. The number of carbonyl (C=O) groups excluding carboxylic acids is 1. The third-order valence-electron chi connectivity index (χ3n) is 4.52. The third-order valence-corrected chi connectivity index (χ3v) is 4.76. The Labute approximate surface area is 162 Å². The molecule has 7 heteroatoms. The second-order valence-electron chi connectivity index (χ2n) is 6.45. The summed E-state index contributed by atoms with van der Waals surface area (Å²) in [5, 5.41) is 11.0. The fourth-order valence-corrected chi connectivity index (χ4v) is 3.32. The van der Waals surface area contributed by atoms with Crippen molar-refractivity contribution in [2.45, 2.75) is 25.0 Å². The number of methoxy groups -OCH3 is 1. The van der Waals surface area contributed by atoms with Crippen LogP contribution >= 0.6 is 11.6 Å². The first-order valence-electron chi connectivity index (χ1n) is 8.66. The molecular weight excluding hydrogens is 373 g/mol. The summed E-state index contributed by atoms with van der Waals surface area (Å²) in [6.07, 6.45) is -0.662. The topological polar surface area (TPSA) is 59.0 Å². The van der Waals surface area contributed by atoms with E-state index in [0.717, 1.165) is 5.56 Å². The number of benzene rings is 2. The summed E-state index contributed by atoms with van der Waals surface area (Å²) in [6, 6.07) is 11.1. The Hall–Kier alpha value is -2.31. The number of nitrogens with zero attached hydrogens (tertiary/aromatic N) is 1. The highest BCUT2D eigenvalue weighted by molar-refractivity contribution is 6.30. The quantitative estimate of drug-likeness (QED) is 0.848. The minimum absolute atomic E-state index is 0.0749. The molecule has 0 aromatic heterocycles. The van der Waals surface area contributed by atoms with Gasteiger partial charge in [0.15, 0.2) is 11.5 Å². The fraction of sp³-hybridized carbons (Fsp3) is 0.350. The Kier molecular flexibility index (Phi) is 6.19. The first-order chi connectivity index (χ1) is 13.0. The normalized spacial score (nSPS) is 19.6. The van der Waals surface area contributed by atoms with Crippen LogP contribution < -0.4 is 9.47 Å². The van der Waals surface area contributed by atoms with Gasteiger partial charge in [-0.05, 0) is 29.8 Å². The number of rotatable bonds is 5. The van der Waals surface area contributed by atoms with Gasteiger partial charge in [-0.2, -0.15) is 0 Å². The molecule has 0 aliphatic carbocycles. The number of likely N-dealkylation sites (tertiary alicyclic amines) is 1. The zero-order valence-corrected chi connectivity index (χ0v) is 15.7. The lowest BCUT2D eigenvalue weighted by Gasteiger charge is -2.36. The fourth-order valence-electron chi connectivity index (χ4n) is 3.11. The number of halogens is 2. The number of aliphatic hydroxyl groups is 1. The minimum atomic E-state index is -0.850. The monoisotopic (exact) mass is 393 g/mol. The molecule has 0 radical (unpaired) electrons. The molecule has 1 aliphatic rings. The summed E-state index contributed by atoms with van der Waals surface area (Å²) in [4.78, 5) is 14.1. The molecule has 3 rings (SSSR count). The van der Waals surface area contributed by atoms with E-state index in [2.05, 4.69) is 0 Å². The van der Waals surface area contributed by atoms with Crippen molar-refractivity contribution in [3.05, 3.63) is 58.9 Å². The number of ether oxygens (including phenoxy) is 2. The second-order valence-corrected chi connectivity index (χ2v) is 6.89. The van der Waals surface area contributed by atoms with Crippen molar-refractivity contribution in [3.8, 4) is 11.5 Å². The summed E-state index contributed by atoms with van der Waals surface area (Å²) in [6.45, 7) is 0.637. The van der Waals surface area contributed by atoms with Gasteiger partial charge in [-0.15, -0.1) is 0 Å². The number of aliphatic hydroxyl groups excluding tert-OH is 1. The van der Waals surface area contributed by atoms with E-state index in [-0.39, 0.29) is 24.6 Å². The number of piperidine rings is 1. The van der Waals surface area contributed by atoms with Crippen molar-refractivity contribution >= 4 is 17.5 Å². The van der Waals surface area contributed by atoms with E-state index in [0.29, 0.717) is 23.7 Å². The Morgan fingerprint density at radius 3 is 2.81 bits per heavy atom. The van der Waals surface area contributed by atoms with Gasteiger partial charge in [0, 0.05) is 24.1 Å². The van der Waals surface area contributed by atoms with Gasteiger partial charge in [-0.3, -0.25) is 4.79 Å². The van der Waals surface area contributed by atoms with Crippen LogP contribution in [0.1, 0.15) is 12.0 Å². The number of amides is 1. The largest absolute Gasteiger partial charge is 0.493 e. The number of β-amino-alcohol motifs (C(OH)–C–C–N with tert-alkyl or cyclic N) is 1. The van der Waals surface area contributed by atoms with Crippen molar-refractivity contribution < 1.29 is 23.8 Å². The van der Waals surface area contributed by atoms with Crippen molar-refractivity contribution in [2.24, 2.45) is 0 Å². The highest BCUT2D eigenvalue weighted by Crippen LogP contribution is 2.30. The van der Waals surface area contributed by atoms with E-state index in [4.69, 9.17) is 21.1 Å². The molecule has 1 heterocycles. The van der Waals surface area contributed by atoms with Crippen LogP contribution in [-0.2, 0) is 11.2 Å². The molecule has 0 spiro atoms. The van der Waals surface area contributed by atoms with Gasteiger partial charge in [-0.25, -0.2) is 4.39 Å². The Morgan fingerprint density at radius 1 is 1.30 bits per heavy atom. The van der Waals surface area contributed by atoms with Crippen LogP contribution in [0.5, 0.6) is 11.5 Å². The average molecular weight is 394 g/mol. The number of carbonyl (C=O) groups is 1. The Morgan fingerprint density at radius 2 is 2.11 bits per heavy atom. The molecule has 2 atom stereocenters. The van der Waals surface area contributed by atoms with Crippen molar-refractivity contribution in [1.82, 2.24) is 4.90 Å². The molecule has 1 N–H and O–H groups in total. The van der Waals surface area contributed by atoms with Gasteiger partial charge in [0.1, 0.15) is 18.0 Å². The van der Waals surface area contributed by atoms with Gasteiger partial charge in [-0.1, -0.05) is 23.7 Å². The lowest BCUT2D eigenvalue weighted by molar-refractivity contribution is -0.136. The SMILES string of the molecule is COc1cc(F)ccc1O[C@@H]1CCN(C(=O)Cc2cccc(Cl)c2)C[C@H]1O. The summed E-state index contributed by atoms with van der Waals surface area (Å²) in [5.74, 6) is 0.124. The van der Waals surface area contributed by atoms with Crippen LogP contribution in [0.4, 0.5) is 4.39 Å². The third kappa shape index (κ3) is 4.90. The van der Waals surface area contributed by atoms with E-state index < -0.39 is 18.0 Å². The maximum Gasteiger partial charge on any atom is 0.227 e. The molecule has 1 fully saturated rings. The number of hydrogen-bond acceptors (Lipinski definition) is 4. The molecule has 1 saturated heterocycles. The van der Waals surface area contributed by atoms with Crippen molar-refractivity contribution in [3.63, 3.8) is 0 Å². The minimum Gasteiger partial charge on any atom is -0.493 e. The summed E-state index contributed by atoms with van der Waals surface area (Å²) in [5.41, 5.74) is 0.830. The molecule has 1 aliphatic heterocycles. The van der Waals surface area contributed by atoms with Crippen molar-refractivity contribution in [2.75, 3.05) is 20.2 Å². The van der Waals surface area contributed by atoms with Gasteiger partial charge in [0.2, 0.25) is 5.91 Å². The predicted molar refractivity (Wildman–Crippen MR) is 99.7 cm³/mol. The molecule has 1 amide bonds. The van der Waals surface area contributed by atoms with Crippen LogP contribution in [0, 0.1) is 5.82 Å². The van der Waals surface area contributed by atoms with Gasteiger partial charge in [0.05, 0.1) is 20.1 Å². The van der Waals surface area contributed by atoms with Gasteiger partial charge < -0.3 is 19.5 Å². The number of hydrogen-bond donors (Lipinski definition) is 1. The molecule has 0 unspecified atom stereocenters. The van der Waals surface area contributed by atoms with Crippen molar-refractivity contribution in [1.29, 1.82) is 0 Å². The smallest absolute Gasteiger partial charge is 0.227 e. The average Bonchev–Trinajstić information content (AvgIpc) is 2.64. The first kappa shape index (κ1) is 19.5. The van der Waals surface area contributed by atoms with E-state index in [1.54, 1.807) is 23.1 Å². The Balaban J connectivity index is 1.59. The predicted octanol–water partition coefficient (Wildman–Crippen LogP) is 3.07. The first-order valence-corrected chi connectivity index (χ1v) is 9.04. The van der Waals surface area contributed by atoms with E-state index in [1.165, 1.54) is 25.3 Å². The molecular formula is C20H21ClFNO4. The van der Waals surface area contributed by atoms with Gasteiger partial charge in [0.25, 0.3) is 0 Å². The zero-order chi connectivity index (χ0) is 19.4. The van der Waals surface area contributed by atoms with E-state index in [1.807, 2.05) is 6.07 Å². The standard InChI is InChI=1S/C20H21ClFNO4/c1-26-19-11-15(22)5-6-18(19)27-17-7-8-23(12-16(17)24)20(25)10-13-3-2-4-14(21)9-13/h2-6,9,11,16-17,24H,7-8,10,12H2,1H3/t16-,17-/m1/s1. The van der Waals surface area contributed by atoms with Crippen LogP contribution in [0.15, 0.2) is 42.5 Å². The van der Waals surface area contributed by atoms with Crippen LogP contribution in [0.25, 0.3) is 0 Å². The summed E-state index contributed by atoms with van der Waals surface area (Å²) < 4.78 is 24.2. The summed E-state index contributed by atoms with van der Waals surface area (Å²) >= 11 is 5.95. The molecule has 0 bridgehead atoms. The molecule has 144 valence electrons. The van der Waals surface area contributed by atoms with Crippen LogP contribution in [0.2, 0.25) is 5.02 Å². The lowest BCUT2D eigenvalue weighted by Crippen LogP contribution is -2.51. The second kappa shape index (κ2) is 8.59. The van der Waals surface area contributed by atoms with E-state index >= 15 is 0 Å². The van der Waals surface area contributed by atoms with Crippen LogP contribution in [-0.4, -0.2) is 48.3 Å². The highest BCUT2D eigenvalue weighted by Gasteiger charge is 2.32. The molecule has 5 nitrogen and oxygen atoms in total. The van der Waals surface area contributed by atoms with E-state index in [9.17, 15) is 14.3 Å². The maximum atomic E-state index is 13.3. The molecule has 0 saturated carbocycles. The highest BCUT2D eigenvalue weighted by atomic mass is 35.5. The summed E-state index contributed by atoms with van der Waals surface area (Å²) in [7, 11) is 1.43.